The third kappa shape index (κ3) is 5.29. The Hall–Kier alpha value is -1.44. The monoisotopic (exact) mass is 345 g/mol. The normalized spacial score (nSPS) is 17.7. The molecular formula is C17H25F2NO4. The third-order valence-electron chi connectivity index (χ3n) is 4.32. The smallest absolute Gasteiger partial charge is 0.387 e. The number of methoxy groups -OCH3 is 1. The molecule has 0 aliphatic heterocycles. The van der Waals surface area contributed by atoms with Crippen molar-refractivity contribution >= 4 is 0 Å². The molecule has 0 spiro atoms. The van der Waals surface area contributed by atoms with Gasteiger partial charge in [-0.3, -0.25) is 4.90 Å². The zero-order chi connectivity index (χ0) is 17.7. The van der Waals surface area contributed by atoms with Crippen molar-refractivity contribution in [2.24, 2.45) is 0 Å². The number of nitrogens with zero attached hydrogens (tertiary/aromatic N) is 1. The van der Waals surface area contributed by atoms with E-state index in [0.29, 0.717) is 19.5 Å². The van der Waals surface area contributed by atoms with Gasteiger partial charge in [0.1, 0.15) is 0 Å². The van der Waals surface area contributed by atoms with Crippen molar-refractivity contribution in [3.63, 3.8) is 0 Å². The lowest BCUT2D eigenvalue weighted by Crippen LogP contribution is -2.42. The Labute approximate surface area is 140 Å². The van der Waals surface area contributed by atoms with E-state index in [4.69, 9.17) is 4.74 Å². The molecule has 1 unspecified atom stereocenters. The van der Waals surface area contributed by atoms with Crippen molar-refractivity contribution in [2.75, 3.05) is 20.7 Å². The van der Waals surface area contributed by atoms with Gasteiger partial charge in [-0.05, 0) is 44.0 Å². The average Bonchev–Trinajstić information content (AvgIpc) is 2.46. The van der Waals surface area contributed by atoms with Gasteiger partial charge in [-0.15, -0.1) is 0 Å². The Kier molecular flexibility index (Phi) is 6.37. The van der Waals surface area contributed by atoms with Crippen molar-refractivity contribution in [2.45, 2.75) is 50.5 Å². The van der Waals surface area contributed by atoms with Crippen LogP contribution >= 0.6 is 0 Å². The fourth-order valence-electron chi connectivity index (χ4n) is 3.03. The van der Waals surface area contributed by atoms with Crippen molar-refractivity contribution < 1.29 is 28.5 Å². The Bertz CT molecular complexity index is 537. The van der Waals surface area contributed by atoms with Crippen LogP contribution in [0.15, 0.2) is 18.2 Å². The number of benzene rings is 1. The SMILES string of the molecule is COc1cc(CN(C)CC(O)CC2(O)CCC2)ccc1OC(F)F. The van der Waals surface area contributed by atoms with E-state index < -0.39 is 18.3 Å². The van der Waals surface area contributed by atoms with Crippen molar-refractivity contribution in [3.05, 3.63) is 23.8 Å². The first-order valence-electron chi connectivity index (χ1n) is 8.02. The molecule has 2 rings (SSSR count). The summed E-state index contributed by atoms with van der Waals surface area (Å²) in [5.74, 6) is 0.233. The molecule has 2 N–H and O–H groups in total. The fraction of sp³-hybridized carbons (Fsp3) is 0.647. The van der Waals surface area contributed by atoms with Gasteiger partial charge in [0.05, 0.1) is 18.8 Å². The second-order valence-electron chi connectivity index (χ2n) is 6.50. The van der Waals surface area contributed by atoms with E-state index in [9.17, 15) is 19.0 Å². The average molecular weight is 345 g/mol. The molecule has 0 aromatic heterocycles. The van der Waals surface area contributed by atoms with E-state index >= 15 is 0 Å². The predicted octanol–water partition coefficient (Wildman–Crippen LogP) is 2.39. The molecule has 0 heterocycles. The van der Waals surface area contributed by atoms with Crippen LogP contribution in [0.3, 0.4) is 0 Å². The van der Waals surface area contributed by atoms with Gasteiger partial charge in [0.15, 0.2) is 11.5 Å². The summed E-state index contributed by atoms with van der Waals surface area (Å²) >= 11 is 0. The maximum atomic E-state index is 12.3. The fourth-order valence-corrected chi connectivity index (χ4v) is 3.03. The minimum atomic E-state index is -2.90. The van der Waals surface area contributed by atoms with Gasteiger partial charge in [-0.2, -0.15) is 8.78 Å². The highest BCUT2D eigenvalue weighted by molar-refractivity contribution is 5.43. The van der Waals surface area contributed by atoms with Gasteiger partial charge in [0.2, 0.25) is 0 Å². The number of aliphatic hydroxyl groups is 2. The molecule has 0 amide bonds. The van der Waals surface area contributed by atoms with Gasteiger partial charge >= 0.3 is 6.61 Å². The number of hydrogen-bond acceptors (Lipinski definition) is 5. The zero-order valence-corrected chi connectivity index (χ0v) is 14.0. The van der Waals surface area contributed by atoms with Crippen LogP contribution in [0.4, 0.5) is 8.78 Å². The van der Waals surface area contributed by atoms with Crippen LogP contribution in [-0.4, -0.2) is 54.1 Å². The topological polar surface area (TPSA) is 62.2 Å². The van der Waals surface area contributed by atoms with Gasteiger partial charge < -0.3 is 19.7 Å². The predicted molar refractivity (Wildman–Crippen MR) is 85.4 cm³/mol. The summed E-state index contributed by atoms with van der Waals surface area (Å²) in [4.78, 5) is 1.91. The maximum Gasteiger partial charge on any atom is 0.387 e. The maximum absolute atomic E-state index is 12.3. The Balaban J connectivity index is 1.89. The highest BCUT2D eigenvalue weighted by atomic mass is 19.3. The molecule has 24 heavy (non-hydrogen) atoms. The molecule has 136 valence electrons. The minimum absolute atomic E-state index is 0.00820. The number of likely N-dealkylation sites (N-methyl/N-ethyl adjacent to an activating group) is 1. The molecule has 0 saturated heterocycles. The Morgan fingerprint density at radius 1 is 1.29 bits per heavy atom. The molecule has 5 nitrogen and oxygen atoms in total. The van der Waals surface area contributed by atoms with Crippen molar-refractivity contribution in [3.8, 4) is 11.5 Å². The quantitative estimate of drug-likeness (QED) is 0.720. The number of halogens is 2. The van der Waals surface area contributed by atoms with E-state index in [-0.39, 0.29) is 11.5 Å². The van der Waals surface area contributed by atoms with E-state index in [1.807, 2.05) is 11.9 Å². The Morgan fingerprint density at radius 3 is 2.54 bits per heavy atom. The third-order valence-corrected chi connectivity index (χ3v) is 4.32. The standard InChI is InChI=1S/C17H25F2NO4/c1-20(11-13(21)9-17(22)6-3-7-17)10-12-4-5-14(24-16(18)19)15(8-12)23-2/h4-5,8,13,16,21-22H,3,6-7,9-11H2,1-2H3. The number of aliphatic hydroxyl groups excluding tert-OH is 1. The van der Waals surface area contributed by atoms with Crippen molar-refractivity contribution in [1.29, 1.82) is 0 Å². The number of ether oxygens (including phenoxy) is 2. The second-order valence-corrected chi connectivity index (χ2v) is 6.50. The van der Waals surface area contributed by atoms with Gasteiger partial charge in [-0.1, -0.05) is 6.07 Å². The second kappa shape index (κ2) is 8.09. The molecule has 1 saturated carbocycles. The van der Waals surface area contributed by atoms with E-state index in [0.717, 1.165) is 24.8 Å². The number of rotatable bonds is 9. The first kappa shape index (κ1) is 18.9. The summed E-state index contributed by atoms with van der Waals surface area (Å²) in [6.45, 7) is -1.97. The molecule has 0 bridgehead atoms. The summed E-state index contributed by atoms with van der Waals surface area (Å²) in [5.41, 5.74) is 0.142. The molecule has 1 atom stereocenters. The van der Waals surface area contributed by atoms with Gasteiger partial charge in [-0.25, -0.2) is 0 Å². The van der Waals surface area contributed by atoms with Crippen LogP contribution in [0.2, 0.25) is 0 Å². The van der Waals surface area contributed by atoms with Crippen LogP contribution in [0.5, 0.6) is 11.5 Å². The molecule has 1 fully saturated rings. The molecule has 7 heteroatoms. The summed E-state index contributed by atoms with van der Waals surface area (Å²) < 4.78 is 34.1. The zero-order valence-electron chi connectivity index (χ0n) is 14.0. The van der Waals surface area contributed by atoms with Crippen LogP contribution in [0.25, 0.3) is 0 Å². The summed E-state index contributed by atoms with van der Waals surface area (Å²) in [5, 5.41) is 20.2. The summed E-state index contributed by atoms with van der Waals surface area (Å²) in [6.07, 6.45) is 2.27. The van der Waals surface area contributed by atoms with Crippen LogP contribution < -0.4 is 9.47 Å². The lowest BCUT2D eigenvalue weighted by Gasteiger charge is -2.38. The van der Waals surface area contributed by atoms with Crippen LogP contribution in [-0.2, 0) is 6.54 Å². The van der Waals surface area contributed by atoms with Crippen molar-refractivity contribution in [1.82, 2.24) is 4.90 Å². The van der Waals surface area contributed by atoms with Crippen LogP contribution in [0.1, 0.15) is 31.2 Å². The lowest BCUT2D eigenvalue weighted by atomic mass is 9.76. The molecular weight excluding hydrogens is 320 g/mol. The first-order valence-corrected chi connectivity index (χ1v) is 8.02. The minimum Gasteiger partial charge on any atom is -0.493 e. The number of hydrogen-bond donors (Lipinski definition) is 2. The summed E-state index contributed by atoms with van der Waals surface area (Å²) in [7, 11) is 3.24. The van der Waals surface area contributed by atoms with Gasteiger partial charge in [0, 0.05) is 19.5 Å². The highest BCUT2D eigenvalue weighted by Crippen LogP contribution is 2.35. The molecule has 0 radical (unpaired) electrons. The molecule has 1 aliphatic rings. The van der Waals surface area contributed by atoms with E-state index in [1.54, 1.807) is 12.1 Å². The highest BCUT2D eigenvalue weighted by Gasteiger charge is 2.36. The van der Waals surface area contributed by atoms with Crippen LogP contribution in [0, 0.1) is 0 Å². The Morgan fingerprint density at radius 2 is 2.00 bits per heavy atom. The van der Waals surface area contributed by atoms with E-state index in [1.165, 1.54) is 13.2 Å². The van der Waals surface area contributed by atoms with Gasteiger partial charge in [0.25, 0.3) is 0 Å². The number of alkyl halides is 2. The lowest BCUT2D eigenvalue weighted by molar-refractivity contribution is -0.0722. The molecule has 1 aromatic carbocycles. The summed E-state index contributed by atoms with van der Waals surface area (Å²) in [6, 6.07) is 4.77. The van der Waals surface area contributed by atoms with E-state index in [2.05, 4.69) is 4.74 Å². The first-order chi connectivity index (χ1) is 11.3. The largest absolute Gasteiger partial charge is 0.493 e. The molecule has 1 aromatic rings. The molecule has 1 aliphatic carbocycles.